The Balaban J connectivity index is 1.49. The number of carbonyl (C=O) groups is 3. The highest BCUT2D eigenvalue weighted by Crippen LogP contribution is 2.44. The van der Waals surface area contributed by atoms with E-state index < -0.39 is 11.6 Å². The molecule has 0 saturated carbocycles. The Bertz CT molecular complexity index is 1640. The summed E-state index contributed by atoms with van der Waals surface area (Å²) in [5, 5.41) is 13.9. The quantitative estimate of drug-likeness (QED) is 0.214. The molecule has 3 aromatic carbocycles. The zero-order valence-corrected chi connectivity index (χ0v) is 28.3. The van der Waals surface area contributed by atoms with Crippen LogP contribution in [0.5, 0.6) is 23.0 Å². The highest BCUT2D eigenvalue weighted by Gasteiger charge is 2.40. The summed E-state index contributed by atoms with van der Waals surface area (Å²) >= 11 is 0. The fourth-order valence-corrected chi connectivity index (χ4v) is 5.63. The zero-order chi connectivity index (χ0) is 33.6. The van der Waals surface area contributed by atoms with Crippen LogP contribution in [0.2, 0.25) is 0 Å². The summed E-state index contributed by atoms with van der Waals surface area (Å²) in [5.74, 6) is 0.835. The summed E-state index contributed by atoms with van der Waals surface area (Å²) in [6.45, 7) is 20.8. The molecule has 0 radical (unpaired) electrons. The van der Waals surface area contributed by atoms with Crippen LogP contribution in [0.1, 0.15) is 110 Å². The molecule has 1 aliphatic rings. The molecule has 0 fully saturated rings. The normalized spacial score (nSPS) is 16.5. The standard InChI is InChI=1S/C37H45NO7/c1-20-21(2)33-30(22(3)32(20)44-23(4)39)29(40)18-37(11,45-33)19-43-26-14-12-25(13-15-26)38-34(42)24-16-27(35(5,6)7)31(41)28(17-24)36(8,9)10/h12-17,41H,18-19H2,1-11H3,(H,38,42). The van der Waals surface area contributed by atoms with Crippen LogP contribution in [0.4, 0.5) is 5.69 Å². The van der Waals surface area contributed by atoms with Gasteiger partial charge in [0.2, 0.25) is 0 Å². The van der Waals surface area contributed by atoms with Crippen molar-refractivity contribution < 1.29 is 33.7 Å². The Kier molecular flexibility index (Phi) is 8.86. The topological polar surface area (TPSA) is 111 Å². The molecule has 0 spiro atoms. The molecule has 0 aromatic heterocycles. The van der Waals surface area contributed by atoms with Gasteiger partial charge in [-0.15, -0.1) is 0 Å². The number of hydrogen-bond donors (Lipinski definition) is 2. The molecule has 3 aromatic rings. The van der Waals surface area contributed by atoms with Crippen molar-refractivity contribution in [3.05, 3.63) is 75.3 Å². The number of anilines is 1. The van der Waals surface area contributed by atoms with Crippen molar-refractivity contribution >= 4 is 23.3 Å². The molecule has 45 heavy (non-hydrogen) atoms. The Morgan fingerprint density at radius 1 is 0.933 bits per heavy atom. The second kappa shape index (κ2) is 11.9. The average Bonchev–Trinajstić information content (AvgIpc) is 2.92. The van der Waals surface area contributed by atoms with Crippen LogP contribution < -0.4 is 19.5 Å². The predicted octanol–water partition coefficient (Wildman–Crippen LogP) is 7.89. The van der Waals surface area contributed by atoms with E-state index >= 15 is 0 Å². The lowest BCUT2D eigenvalue weighted by Crippen LogP contribution is -2.45. The number of benzene rings is 3. The number of rotatable bonds is 6. The second-order valence-corrected chi connectivity index (χ2v) is 14.3. The molecule has 4 rings (SSSR count). The highest BCUT2D eigenvalue weighted by molar-refractivity contribution is 6.05. The third-order valence-electron chi connectivity index (χ3n) is 8.24. The molecule has 1 aliphatic heterocycles. The zero-order valence-electron chi connectivity index (χ0n) is 28.3. The minimum Gasteiger partial charge on any atom is -0.507 e. The highest BCUT2D eigenvalue weighted by atomic mass is 16.5. The van der Waals surface area contributed by atoms with Crippen molar-refractivity contribution in [2.24, 2.45) is 0 Å². The summed E-state index contributed by atoms with van der Waals surface area (Å²) in [6.07, 6.45) is 0.0940. The first-order valence-corrected chi connectivity index (χ1v) is 15.2. The van der Waals surface area contributed by atoms with Gasteiger partial charge < -0.3 is 24.6 Å². The van der Waals surface area contributed by atoms with E-state index in [0.29, 0.717) is 50.8 Å². The molecule has 1 atom stereocenters. The van der Waals surface area contributed by atoms with Crippen LogP contribution in [-0.4, -0.2) is 35.0 Å². The fourth-order valence-electron chi connectivity index (χ4n) is 5.63. The number of ether oxygens (including phenoxy) is 3. The predicted molar refractivity (Wildman–Crippen MR) is 175 cm³/mol. The van der Waals surface area contributed by atoms with Gasteiger partial charge in [-0.05, 0) is 86.1 Å². The van der Waals surface area contributed by atoms with Gasteiger partial charge in [0.15, 0.2) is 5.78 Å². The summed E-state index contributed by atoms with van der Waals surface area (Å²) in [7, 11) is 0. The van der Waals surface area contributed by atoms with Gasteiger partial charge in [0, 0.05) is 34.9 Å². The molecule has 0 aliphatic carbocycles. The van der Waals surface area contributed by atoms with Gasteiger partial charge in [0.05, 0.1) is 12.0 Å². The first kappa shape index (κ1) is 33.6. The molecule has 8 nitrogen and oxygen atoms in total. The summed E-state index contributed by atoms with van der Waals surface area (Å²) < 4.78 is 17.9. The van der Waals surface area contributed by atoms with E-state index in [9.17, 15) is 19.5 Å². The lowest BCUT2D eigenvalue weighted by atomic mass is 9.78. The van der Waals surface area contributed by atoms with Crippen LogP contribution in [0, 0.1) is 20.8 Å². The molecular weight excluding hydrogens is 570 g/mol. The minimum atomic E-state index is -0.919. The summed E-state index contributed by atoms with van der Waals surface area (Å²) in [6, 6.07) is 10.5. The van der Waals surface area contributed by atoms with E-state index in [2.05, 4.69) is 5.32 Å². The van der Waals surface area contributed by atoms with Crippen molar-refractivity contribution in [2.75, 3.05) is 11.9 Å². The van der Waals surface area contributed by atoms with Crippen molar-refractivity contribution in [1.29, 1.82) is 0 Å². The van der Waals surface area contributed by atoms with Gasteiger partial charge >= 0.3 is 5.97 Å². The van der Waals surface area contributed by atoms with E-state index in [0.717, 1.165) is 11.1 Å². The Morgan fingerprint density at radius 3 is 2.00 bits per heavy atom. The number of Topliss-reactive ketones (excluding diaryl/α,β-unsaturated/α-hetero) is 1. The number of carbonyl (C=O) groups excluding carboxylic acids is 3. The first-order valence-electron chi connectivity index (χ1n) is 15.2. The number of esters is 1. The molecule has 2 N–H and O–H groups in total. The first-order chi connectivity index (χ1) is 20.7. The largest absolute Gasteiger partial charge is 0.507 e. The van der Waals surface area contributed by atoms with E-state index in [1.54, 1.807) is 43.3 Å². The van der Waals surface area contributed by atoms with Crippen LogP contribution in [0.3, 0.4) is 0 Å². The van der Waals surface area contributed by atoms with Gasteiger partial charge in [-0.2, -0.15) is 0 Å². The van der Waals surface area contributed by atoms with Gasteiger partial charge in [-0.3, -0.25) is 14.4 Å². The van der Waals surface area contributed by atoms with Crippen LogP contribution in [-0.2, 0) is 15.6 Å². The molecule has 240 valence electrons. The maximum atomic E-state index is 13.3. The van der Waals surface area contributed by atoms with Crippen LogP contribution in [0.15, 0.2) is 36.4 Å². The SMILES string of the molecule is CC(=O)Oc1c(C)c(C)c2c(c1C)C(=O)CC(C)(COc1ccc(NC(=O)c3cc(C(C)(C)C)c(O)c(C(C)(C)C)c3)cc1)O2. The molecule has 8 heteroatoms. The van der Waals surface area contributed by atoms with E-state index in [1.165, 1.54) is 6.92 Å². The van der Waals surface area contributed by atoms with Crippen LogP contribution in [0.25, 0.3) is 0 Å². The summed E-state index contributed by atoms with van der Waals surface area (Å²) in [4.78, 5) is 38.3. The number of amides is 1. The molecule has 1 unspecified atom stereocenters. The lowest BCUT2D eigenvalue weighted by Gasteiger charge is -2.36. The summed E-state index contributed by atoms with van der Waals surface area (Å²) in [5.41, 5.74) is 3.37. The van der Waals surface area contributed by atoms with Crippen molar-refractivity contribution in [3.8, 4) is 23.0 Å². The maximum absolute atomic E-state index is 13.3. The smallest absolute Gasteiger partial charge is 0.308 e. The second-order valence-electron chi connectivity index (χ2n) is 14.3. The van der Waals surface area contributed by atoms with Gasteiger partial charge in [0.1, 0.15) is 35.2 Å². The Labute approximate surface area is 266 Å². The van der Waals surface area contributed by atoms with Crippen molar-refractivity contribution in [2.45, 2.75) is 99.0 Å². The third kappa shape index (κ3) is 7.00. The monoisotopic (exact) mass is 615 g/mol. The number of phenolic OH excluding ortho intramolecular Hbond substituents is 1. The van der Waals surface area contributed by atoms with E-state index in [1.807, 2.05) is 62.3 Å². The molecule has 1 heterocycles. The average molecular weight is 616 g/mol. The molecule has 0 bridgehead atoms. The maximum Gasteiger partial charge on any atom is 0.308 e. The van der Waals surface area contributed by atoms with Crippen LogP contribution >= 0.6 is 0 Å². The lowest BCUT2D eigenvalue weighted by molar-refractivity contribution is -0.132. The number of phenols is 1. The number of aromatic hydroxyl groups is 1. The number of nitrogens with one attached hydrogen (secondary N) is 1. The third-order valence-corrected chi connectivity index (χ3v) is 8.24. The molecule has 1 amide bonds. The fraction of sp³-hybridized carbons (Fsp3) is 0.432. The molecular formula is C37H45NO7. The Hall–Kier alpha value is -4.33. The van der Waals surface area contributed by atoms with Gasteiger partial charge in [-0.1, -0.05) is 41.5 Å². The number of fused-ring (bicyclic) bond motifs is 1. The minimum absolute atomic E-state index is 0.0940. The van der Waals surface area contributed by atoms with Gasteiger partial charge in [0.25, 0.3) is 5.91 Å². The number of hydrogen-bond acceptors (Lipinski definition) is 7. The van der Waals surface area contributed by atoms with Gasteiger partial charge in [-0.25, -0.2) is 0 Å². The molecule has 0 saturated heterocycles. The number of ketones is 1. The van der Waals surface area contributed by atoms with E-state index in [4.69, 9.17) is 14.2 Å². The Morgan fingerprint density at radius 2 is 1.49 bits per heavy atom. The van der Waals surface area contributed by atoms with Crippen molar-refractivity contribution in [3.63, 3.8) is 0 Å². The van der Waals surface area contributed by atoms with E-state index in [-0.39, 0.29) is 41.3 Å². The van der Waals surface area contributed by atoms with Crippen molar-refractivity contribution in [1.82, 2.24) is 0 Å².